The highest BCUT2D eigenvalue weighted by molar-refractivity contribution is 9.11. The van der Waals surface area contributed by atoms with Crippen LogP contribution in [0.25, 0.3) is 0 Å². The van der Waals surface area contributed by atoms with Gasteiger partial charge in [0, 0.05) is 19.1 Å². The number of hydrogen-bond donors (Lipinski definition) is 2. The van der Waals surface area contributed by atoms with Crippen molar-refractivity contribution in [2.75, 3.05) is 18.0 Å². The van der Waals surface area contributed by atoms with Crippen molar-refractivity contribution < 1.29 is 36.2 Å². The quantitative estimate of drug-likeness (QED) is 0.650. The lowest BCUT2D eigenvalue weighted by atomic mass is 10.1. The van der Waals surface area contributed by atoms with Crippen LogP contribution >= 0.6 is 27.3 Å². The minimum absolute atomic E-state index is 0.00740. The van der Waals surface area contributed by atoms with Gasteiger partial charge in [-0.15, -0.1) is 0 Å². The van der Waals surface area contributed by atoms with E-state index >= 15 is 0 Å². The van der Waals surface area contributed by atoms with Crippen molar-refractivity contribution in [3.63, 3.8) is 0 Å². The van der Waals surface area contributed by atoms with Gasteiger partial charge in [0.05, 0.1) is 0 Å². The minimum Gasteiger partial charge on any atom is -0.475 e. The van der Waals surface area contributed by atoms with Crippen molar-refractivity contribution in [3.8, 4) is 0 Å². The van der Waals surface area contributed by atoms with E-state index in [1.54, 1.807) is 4.90 Å². The number of carboxylic acids is 1. The van der Waals surface area contributed by atoms with E-state index in [1.165, 1.54) is 0 Å². The zero-order valence-corrected chi connectivity index (χ0v) is 14.4. The van der Waals surface area contributed by atoms with E-state index in [0.29, 0.717) is 18.2 Å². The maximum atomic E-state index is 12.6. The summed E-state index contributed by atoms with van der Waals surface area (Å²) >= 11 is 3.91. The van der Waals surface area contributed by atoms with Crippen LogP contribution in [0.2, 0.25) is 0 Å². The number of nitrogens with zero attached hydrogens (tertiary/aromatic N) is 2. The molecule has 0 amide bonds. The van der Waals surface area contributed by atoms with Gasteiger partial charge in [-0.05, 0) is 21.8 Å². The first kappa shape index (κ1) is 21.0. The van der Waals surface area contributed by atoms with E-state index in [9.17, 15) is 26.3 Å². The fraction of sp³-hybridized carbons (Fsp3) is 0.636. The standard InChI is InChI=1S/C9H11BrF3N3S.C2HF3O2/c1-4-2-16(3-5(4)14)8-15-6(7(10)17-8)9(11,12)13;3-2(4,5)1(6)7/h4-5H,2-3,14H2,1H3;(H,6,7)/t4-,5-;/m1./s1. The lowest BCUT2D eigenvalue weighted by Gasteiger charge is -2.13. The first-order valence-corrected chi connectivity index (χ1v) is 7.88. The van der Waals surface area contributed by atoms with Gasteiger partial charge in [-0.3, -0.25) is 0 Å². The summed E-state index contributed by atoms with van der Waals surface area (Å²) in [4.78, 5) is 14.4. The van der Waals surface area contributed by atoms with Crippen LogP contribution in [0.3, 0.4) is 0 Å². The predicted molar refractivity (Wildman–Crippen MR) is 77.9 cm³/mol. The summed E-state index contributed by atoms with van der Waals surface area (Å²) in [5.74, 6) is -2.49. The summed E-state index contributed by atoms with van der Waals surface area (Å²) in [7, 11) is 0. The highest BCUT2D eigenvalue weighted by atomic mass is 79.9. The van der Waals surface area contributed by atoms with E-state index in [-0.39, 0.29) is 15.7 Å². The molecule has 1 saturated heterocycles. The van der Waals surface area contributed by atoms with Crippen molar-refractivity contribution >= 4 is 38.4 Å². The third-order valence-electron chi connectivity index (χ3n) is 3.03. The van der Waals surface area contributed by atoms with Gasteiger partial charge in [0.1, 0.15) is 3.79 Å². The molecule has 1 aliphatic rings. The molecule has 0 aromatic carbocycles. The number of anilines is 1. The van der Waals surface area contributed by atoms with Gasteiger partial charge in [-0.1, -0.05) is 18.3 Å². The fourth-order valence-corrected chi connectivity index (χ4v) is 3.33. The van der Waals surface area contributed by atoms with Gasteiger partial charge < -0.3 is 15.7 Å². The first-order valence-electron chi connectivity index (χ1n) is 6.27. The summed E-state index contributed by atoms with van der Waals surface area (Å²) in [6, 6.07) is -0.00740. The Morgan fingerprint density at radius 3 is 2.12 bits per heavy atom. The molecule has 0 radical (unpaired) electrons. The zero-order valence-electron chi connectivity index (χ0n) is 12.0. The lowest BCUT2D eigenvalue weighted by Crippen LogP contribution is -2.28. The molecule has 1 aromatic heterocycles. The molecular weight excluding hydrogens is 432 g/mol. The summed E-state index contributed by atoms with van der Waals surface area (Å²) in [5, 5.41) is 7.50. The van der Waals surface area contributed by atoms with Crippen LogP contribution in [0.5, 0.6) is 0 Å². The van der Waals surface area contributed by atoms with Crippen LogP contribution in [0.1, 0.15) is 12.6 Å². The van der Waals surface area contributed by atoms with E-state index in [2.05, 4.69) is 20.9 Å². The number of aliphatic carboxylic acids is 1. The Morgan fingerprint density at radius 2 is 1.83 bits per heavy atom. The van der Waals surface area contributed by atoms with Crippen molar-refractivity contribution in [2.45, 2.75) is 25.3 Å². The van der Waals surface area contributed by atoms with Crippen molar-refractivity contribution in [3.05, 3.63) is 9.48 Å². The molecule has 138 valence electrons. The topological polar surface area (TPSA) is 79.5 Å². The van der Waals surface area contributed by atoms with Crippen LogP contribution < -0.4 is 10.6 Å². The van der Waals surface area contributed by atoms with Gasteiger partial charge >= 0.3 is 18.3 Å². The predicted octanol–water partition coefficient (Wildman–Crippen LogP) is 3.34. The van der Waals surface area contributed by atoms with Gasteiger partial charge in [-0.2, -0.15) is 26.3 Å². The minimum atomic E-state index is -5.08. The van der Waals surface area contributed by atoms with Crippen molar-refractivity contribution in [1.82, 2.24) is 4.98 Å². The number of thiazole rings is 1. The Hall–Kier alpha value is -1.08. The van der Waals surface area contributed by atoms with Crippen molar-refractivity contribution in [1.29, 1.82) is 0 Å². The third kappa shape index (κ3) is 5.48. The van der Waals surface area contributed by atoms with Crippen LogP contribution in [0.15, 0.2) is 3.79 Å². The molecule has 3 N–H and O–H groups in total. The molecule has 0 unspecified atom stereocenters. The second kappa shape index (κ2) is 7.44. The molecule has 2 rings (SSSR count). The molecule has 24 heavy (non-hydrogen) atoms. The molecular formula is C11H12BrF6N3O2S. The normalized spacial score (nSPS) is 21.5. The molecule has 5 nitrogen and oxygen atoms in total. The molecule has 1 fully saturated rings. The average molecular weight is 444 g/mol. The summed E-state index contributed by atoms with van der Waals surface area (Å²) in [5.41, 5.74) is 4.98. The van der Waals surface area contributed by atoms with Crippen LogP contribution in [0.4, 0.5) is 31.5 Å². The van der Waals surface area contributed by atoms with Crippen LogP contribution in [-0.2, 0) is 11.0 Å². The molecule has 0 saturated carbocycles. The van der Waals surface area contributed by atoms with E-state index < -0.39 is 24.0 Å². The van der Waals surface area contributed by atoms with Gasteiger partial charge in [0.15, 0.2) is 10.8 Å². The molecule has 1 aliphatic heterocycles. The first-order chi connectivity index (χ1) is 10.7. The smallest absolute Gasteiger partial charge is 0.475 e. The third-order valence-corrected chi connectivity index (χ3v) is 4.79. The Morgan fingerprint density at radius 1 is 1.33 bits per heavy atom. The Balaban J connectivity index is 0.000000351. The fourth-order valence-electron chi connectivity index (χ4n) is 1.75. The highest BCUT2D eigenvalue weighted by Gasteiger charge is 2.39. The number of carboxylic acid groups (broad SMARTS) is 1. The monoisotopic (exact) mass is 443 g/mol. The van der Waals surface area contributed by atoms with Crippen molar-refractivity contribution in [2.24, 2.45) is 11.7 Å². The number of nitrogens with two attached hydrogens (primary N) is 1. The second-order valence-corrected chi connectivity index (χ2v) is 7.26. The highest BCUT2D eigenvalue weighted by Crippen LogP contribution is 2.41. The number of carbonyl (C=O) groups is 1. The van der Waals surface area contributed by atoms with Crippen LogP contribution in [0, 0.1) is 5.92 Å². The maximum Gasteiger partial charge on any atom is 0.490 e. The van der Waals surface area contributed by atoms with E-state index in [1.807, 2.05) is 6.92 Å². The zero-order chi connectivity index (χ0) is 18.9. The molecule has 0 spiro atoms. The average Bonchev–Trinajstić information content (AvgIpc) is 2.93. The molecule has 13 heteroatoms. The lowest BCUT2D eigenvalue weighted by molar-refractivity contribution is -0.192. The van der Waals surface area contributed by atoms with Crippen LogP contribution in [-0.4, -0.2) is 41.4 Å². The number of hydrogen-bond acceptors (Lipinski definition) is 5. The number of halogens is 7. The Kier molecular flexibility index (Phi) is 6.49. The summed E-state index contributed by atoms with van der Waals surface area (Å²) in [6.07, 6.45) is -9.50. The second-order valence-electron chi connectivity index (χ2n) is 4.97. The van der Waals surface area contributed by atoms with Gasteiger partial charge in [0.25, 0.3) is 0 Å². The molecule has 2 atom stereocenters. The number of aromatic nitrogens is 1. The molecule has 2 heterocycles. The molecule has 0 bridgehead atoms. The SMILES string of the molecule is C[C@@H]1CN(c2nc(C(F)(F)F)c(Br)s2)C[C@H]1N.O=C(O)C(F)(F)F. The largest absolute Gasteiger partial charge is 0.490 e. The molecule has 0 aliphatic carbocycles. The summed E-state index contributed by atoms with van der Waals surface area (Å²) in [6.45, 7) is 3.19. The van der Waals surface area contributed by atoms with Gasteiger partial charge in [-0.25, -0.2) is 9.78 Å². The number of rotatable bonds is 1. The maximum absolute atomic E-state index is 12.6. The van der Waals surface area contributed by atoms with E-state index in [4.69, 9.17) is 15.6 Å². The van der Waals surface area contributed by atoms with E-state index in [0.717, 1.165) is 11.3 Å². The Bertz CT molecular complexity index is 581. The number of alkyl halides is 6. The molecule has 1 aromatic rings. The Labute approximate surface area is 144 Å². The van der Waals surface area contributed by atoms with Gasteiger partial charge in [0.2, 0.25) is 0 Å². The summed E-state index contributed by atoms with van der Waals surface area (Å²) < 4.78 is 69.5.